The molecule has 80 valence electrons. The molecule has 0 aromatic carbocycles. The van der Waals surface area contributed by atoms with Gasteiger partial charge in [0.2, 0.25) is 5.89 Å². The van der Waals surface area contributed by atoms with Crippen LogP contribution in [0.4, 0.5) is 0 Å². The fourth-order valence-electron chi connectivity index (χ4n) is 1.56. The van der Waals surface area contributed by atoms with E-state index in [0.717, 1.165) is 31.8 Å². The van der Waals surface area contributed by atoms with E-state index in [1.54, 1.807) is 0 Å². The van der Waals surface area contributed by atoms with Crippen molar-refractivity contribution in [2.45, 2.75) is 39.5 Å². The highest BCUT2D eigenvalue weighted by Gasteiger charge is 2.19. The van der Waals surface area contributed by atoms with Crippen molar-refractivity contribution in [2.75, 3.05) is 13.1 Å². The fourth-order valence-corrected chi connectivity index (χ4v) is 1.56. The SMILES string of the molecule is CC.Cc1nc(C2CCNCC2)no1. The maximum atomic E-state index is 4.94. The van der Waals surface area contributed by atoms with Gasteiger partial charge in [-0.05, 0) is 25.9 Å². The van der Waals surface area contributed by atoms with E-state index >= 15 is 0 Å². The third-order valence-corrected chi connectivity index (χ3v) is 2.25. The lowest BCUT2D eigenvalue weighted by Crippen LogP contribution is -2.27. The van der Waals surface area contributed by atoms with Crippen molar-refractivity contribution in [2.24, 2.45) is 0 Å². The maximum absolute atomic E-state index is 4.94. The summed E-state index contributed by atoms with van der Waals surface area (Å²) < 4.78 is 4.94. The van der Waals surface area contributed by atoms with E-state index in [1.165, 1.54) is 0 Å². The predicted molar refractivity (Wildman–Crippen MR) is 55.2 cm³/mol. The second kappa shape index (κ2) is 5.75. The third-order valence-electron chi connectivity index (χ3n) is 2.25. The second-order valence-electron chi connectivity index (χ2n) is 3.20. The first kappa shape index (κ1) is 11.2. The Morgan fingerprint density at radius 1 is 1.29 bits per heavy atom. The summed E-state index contributed by atoms with van der Waals surface area (Å²) in [6.07, 6.45) is 2.25. The summed E-state index contributed by atoms with van der Waals surface area (Å²) in [6.45, 7) is 7.97. The molecule has 0 aliphatic carbocycles. The van der Waals surface area contributed by atoms with Crippen LogP contribution in [0.15, 0.2) is 4.52 Å². The third kappa shape index (κ3) is 2.80. The Labute approximate surface area is 85.1 Å². The highest BCUT2D eigenvalue weighted by Crippen LogP contribution is 2.21. The Hall–Kier alpha value is -0.900. The van der Waals surface area contributed by atoms with E-state index in [2.05, 4.69) is 15.5 Å². The number of rotatable bonds is 1. The minimum Gasteiger partial charge on any atom is -0.340 e. The Bertz CT molecular complexity index is 254. The van der Waals surface area contributed by atoms with Crippen molar-refractivity contribution in [3.8, 4) is 0 Å². The highest BCUT2D eigenvalue weighted by molar-refractivity contribution is 4.96. The molecule has 1 aromatic heterocycles. The summed E-state index contributed by atoms with van der Waals surface area (Å²) >= 11 is 0. The molecule has 0 amide bonds. The van der Waals surface area contributed by atoms with Gasteiger partial charge in [0, 0.05) is 12.8 Å². The van der Waals surface area contributed by atoms with E-state index in [4.69, 9.17) is 4.52 Å². The van der Waals surface area contributed by atoms with Crippen molar-refractivity contribution in [1.29, 1.82) is 0 Å². The quantitative estimate of drug-likeness (QED) is 0.746. The minimum atomic E-state index is 0.503. The van der Waals surface area contributed by atoms with Crippen LogP contribution in [-0.4, -0.2) is 23.2 Å². The van der Waals surface area contributed by atoms with Crippen LogP contribution < -0.4 is 5.32 Å². The van der Waals surface area contributed by atoms with Gasteiger partial charge in [-0.25, -0.2) is 0 Å². The zero-order valence-corrected chi connectivity index (χ0v) is 9.21. The summed E-state index contributed by atoms with van der Waals surface area (Å²) in [4.78, 5) is 4.23. The minimum absolute atomic E-state index is 0.503. The standard InChI is InChI=1S/C8H13N3O.C2H6/c1-6-10-8(11-12-6)7-2-4-9-5-3-7;1-2/h7,9H,2-5H2,1H3;1-2H3. The maximum Gasteiger partial charge on any atom is 0.223 e. The first-order chi connectivity index (χ1) is 6.86. The molecular weight excluding hydrogens is 178 g/mol. The van der Waals surface area contributed by atoms with Crippen LogP contribution in [0.3, 0.4) is 0 Å². The molecule has 0 radical (unpaired) electrons. The topological polar surface area (TPSA) is 51.0 Å². The van der Waals surface area contributed by atoms with E-state index in [9.17, 15) is 0 Å². The molecule has 4 nitrogen and oxygen atoms in total. The molecular formula is C10H19N3O. The summed E-state index contributed by atoms with van der Waals surface area (Å²) in [5.74, 6) is 2.06. The first-order valence-corrected chi connectivity index (χ1v) is 5.37. The van der Waals surface area contributed by atoms with Crippen LogP contribution >= 0.6 is 0 Å². The molecule has 1 aliphatic heterocycles. The van der Waals surface area contributed by atoms with Crippen LogP contribution in [0.5, 0.6) is 0 Å². The molecule has 1 saturated heterocycles. The molecule has 2 heterocycles. The predicted octanol–water partition coefficient (Wildman–Crippen LogP) is 1.87. The molecule has 0 atom stereocenters. The Balaban J connectivity index is 0.000000461. The van der Waals surface area contributed by atoms with Gasteiger partial charge in [-0.3, -0.25) is 0 Å². The van der Waals surface area contributed by atoms with Gasteiger partial charge in [-0.2, -0.15) is 4.98 Å². The van der Waals surface area contributed by atoms with E-state index < -0.39 is 0 Å². The lowest BCUT2D eigenvalue weighted by molar-refractivity contribution is 0.371. The van der Waals surface area contributed by atoms with Crippen LogP contribution in [0.25, 0.3) is 0 Å². The number of aromatic nitrogens is 2. The summed E-state index contributed by atoms with van der Waals surface area (Å²) in [7, 11) is 0. The molecule has 2 rings (SSSR count). The summed E-state index contributed by atoms with van der Waals surface area (Å²) in [5.41, 5.74) is 0. The smallest absolute Gasteiger partial charge is 0.223 e. The Kier molecular flexibility index (Phi) is 4.59. The lowest BCUT2D eigenvalue weighted by atomic mass is 9.98. The molecule has 0 unspecified atom stereocenters. The van der Waals surface area contributed by atoms with Crippen LogP contribution in [0, 0.1) is 6.92 Å². The molecule has 1 fully saturated rings. The van der Waals surface area contributed by atoms with Crippen molar-refractivity contribution in [3.63, 3.8) is 0 Å². The lowest BCUT2D eigenvalue weighted by Gasteiger charge is -2.18. The van der Waals surface area contributed by atoms with Gasteiger partial charge in [0.25, 0.3) is 0 Å². The van der Waals surface area contributed by atoms with Crippen molar-refractivity contribution in [1.82, 2.24) is 15.5 Å². The number of nitrogens with zero attached hydrogens (tertiary/aromatic N) is 2. The second-order valence-corrected chi connectivity index (χ2v) is 3.20. The largest absolute Gasteiger partial charge is 0.340 e. The van der Waals surface area contributed by atoms with Crippen LogP contribution in [-0.2, 0) is 0 Å². The van der Waals surface area contributed by atoms with E-state index in [1.807, 2.05) is 20.8 Å². The molecule has 14 heavy (non-hydrogen) atoms. The van der Waals surface area contributed by atoms with Crippen LogP contribution in [0.1, 0.15) is 44.3 Å². The van der Waals surface area contributed by atoms with E-state index in [0.29, 0.717) is 11.8 Å². The average Bonchev–Trinajstić information content (AvgIpc) is 2.69. The van der Waals surface area contributed by atoms with Crippen molar-refractivity contribution in [3.05, 3.63) is 11.7 Å². The molecule has 0 spiro atoms. The van der Waals surface area contributed by atoms with Gasteiger partial charge in [0.1, 0.15) is 0 Å². The monoisotopic (exact) mass is 197 g/mol. The number of hydrogen-bond donors (Lipinski definition) is 1. The highest BCUT2D eigenvalue weighted by atomic mass is 16.5. The number of piperidine rings is 1. The zero-order chi connectivity index (χ0) is 10.4. The molecule has 1 aromatic rings. The van der Waals surface area contributed by atoms with Crippen molar-refractivity contribution < 1.29 is 4.52 Å². The van der Waals surface area contributed by atoms with Gasteiger partial charge < -0.3 is 9.84 Å². The number of nitrogens with one attached hydrogen (secondary N) is 1. The first-order valence-electron chi connectivity index (χ1n) is 5.37. The number of hydrogen-bond acceptors (Lipinski definition) is 4. The summed E-state index contributed by atoms with van der Waals surface area (Å²) in [6, 6.07) is 0. The fraction of sp³-hybridized carbons (Fsp3) is 0.800. The molecule has 4 heteroatoms. The van der Waals surface area contributed by atoms with Gasteiger partial charge >= 0.3 is 0 Å². The Morgan fingerprint density at radius 3 is 2.43 bits per heavy atom. The van der Waals surface area contributed by atoms with Gasteiger partial charge in [-0.15, -0.1) is 0 Å². The van der Waals surface area contributed by atoms with Gasteiger partial charge in [0.15, 0.2) is 5.82 Å². The number of aryl methyl sites for hydroxylation is 1. The molecule has 0 saturated carbocycles. The molecule has 1 N–H and O–H groups in total. The van der Waals surface area contributed by atoms with Crippen LogP contribution in [0.2, 0.25) is 0 Å². The summed E-state index contributed by atoms with van der Waals surface area (Å²) in [5, 5.41) is 7.23. The average molecular weight is 197 g/mol. The van der Waals surface area contributed by atoms with E-state index in [-0.39, 0.29) is 0 Å². The normalized spacial score (nSPS) is 17.4. The van der Waals surface area contributed by atoms with Crippen molar-refractivity contribution >= 4 is 0 Å². The van der Waals surface area contributed by atoms with Gasteiger partial charge in [0.05, 0.1) is 0 Å². The van der Waals surface area contributed by atoms with Gasteiger partial charge in [-0.1, -0.05) is 19.0 Å². The molecule has 0 bridgehead atoms. The zero-order valence-electron chi connectivity index (χ0n) is 9.21. The molecule has 1 aliphatic rings. The Morgan fingerprint density at radius 2 is 1.93 bits per heavy atom.